The molecule has 188 valence electrons. The number of nitrogens with zero attached hydrogens (tertiary/aromatic N) is 9. The number of anilines is 3. The zero-order valence-corrected chi connectivity index (χ0v) is 21.3. The standard InChI is InChI=1S/C30H23N9/c1-20-9-6-12-23-28(20)33-18-37(23)24-13-7-15-26(35-24)39(22-10-4-3-5-11-22)27-16-8-14-25(36-27)38-19-34-29-21(2)31-17-32-30(29)38/h3-19H,1-2H3. The zero-order valence-electron chi connectivity index (χ0n) is 21.3. The molecule has 39 heavy (non-hydrogen) atoms. The van der Waals surface area contributed by atoms with Gasteiger partial charge in [-0.25, -0.2) is 29.9 Å². The number of aryl methyl sites for hydroxylation is 2. The highest BCUT2D eigenvalue weighted by Gasteiger charge is 2.18. The van der Waals surface area contributed by atoms with Crippen molar-refractivity contribution in [1.82, 2.24) is 39.0 Å². The molecule has 9 nitrogen and oxygen atoms in total. The lowest BCUT2D eigenvalue weighted by Gasteiger charge is -2.24. The summed E-state index contributed by atoms with van der Waals surface area (Å²) in [7, 11) is 0. The third-order valence-corrected chi connectivity index (χ3v) is 6.70. The number of aromatic nitrogens is 8. The van der Waals surface area contributed by atoms with Crippen molar-refractivity contribution in [3.05, 3.63) is 115 Å². The summed E-state index contributed by atoms with van der Waals surface area (Å²) >= 11 is 0. The van der Waals surface area contributed by atoms with E-state index in [0.29, 0.717) is 17.3 Å². The van der Waals surface area contributed by atoms with Crippen LogP contribution < -0.4 is 4.90 Å². The van der Waals surface area contributed by atoms with E-state index in [-0.39, 0.29) is 0 Å². The van der Waals surface area contributed by atoms with Crippen molar-refractivity contribution in [3.8, 4) is 11.6 Å². The summed E-state index contributed by atoms with van der Waals surface area (Å²) in [6, 6.07) is 28.1. The Hall–Kier alpha value is -5.44. The van der Waals surface area contributed by atoms with Gasteiger partial charge in [0.15, 0.2) is 5.65 Å². The third kappa shape index (κ3) is 3.88. The minimum absolute atomic E-state index is 0.696. The quantitative estimate of drug-likeness (QED) is 0.280. The number of imidazole rings is 2. The van der Waals surface area contributed by atoms with Gasteiger partial charge in [-0.2, -0.15) is 0 Å². The molecule has 7 aromatic rings. The Morgan fingerprint density at radius 3 is 2.03 bits per heavy atom. The molecule has 0 amide bonds. The van der Waals surface area contributed by atoms with Gasteiger partial charge in [-0.05, 0) is 61.9 Å². The molecule has 2 aromatic carbocycles. The Morgan fingerprint density at radius 1 is 0.590 bits per heavy atom. The molecule has 0 radical (unpaired) electrons. The van der Waals surface area contributed by atoms with E-state index in [1.54, 1.807) is 12.7 Å². The van der Waals surface area contributed by atoms with Crippen LogP contribution in [0.1, 0.15) is 11.3 Å². The molecule has 0 saturated carbocycles. The van der Waals surface area contributed by atoms with E-state index in [2.05, 4.69) is 39.0 Å². The largest absolute Gasteiger partial charge is 0.283 e. The van der Waals surface area contributed by atoms with Gasteiger partial charge in [0.25, 0.3) is 0 Å². The molecule has 0 fully saturated rings. The molecule has 0 spiro atoms. The average Bonchev–Trinajstić information content (AvgIpc) is 3.61. The number of rotatable bonds is 5. The van der Waals surface area contributed by atoms with E-state index in [4.69, 9.17) is 9.97 Å². The fourth-order valence-electron chi connectivity index (χ4n) is 4.79. The maximum atomic E-state index is 5.07. The van der Waals surface area contributed by atoms with Gasteiger partial charge in [0.2, 0.25) is 0 Å². The molecule has 0 saturated heterocycles. The Balaban J connectivity index is 1.37. The van der Waals surface area contributed by atoms with E-state index in [9.17, 15) is 0 Å². The highest BCUT2D eigenvalue weighted by molar-refractivity contribution is 5.81. The van der Waals surface area contributed by atoms with E-state index in [1.807, 2.05) is 100 Å². The normalized spacial score (nSPS) is 11.3. The third-order valence-electron chi connectivity index (χ3n) is 6.70. The Labute approximate surface area is 224 Å². The lowest BCUT2D eigenvalue weighted by Crippen LogP contribution is -2.15. The van der Waals surface area contributed by atoms with Crippen LogP contribution in [0.2, 0.25) is 0 Å². The van der Waals surface area contributed by atoms with Crippen LogP contribution in [0.4, 0.5) is 17.3 Å². The summed E-state index contributed by atoms with van der Waals surface area (Å²) in [6.45, 7) is 3.99. The lowest BCUT2D eigenvalue weighted by atomic mass is 10.2. The first-order valence-electron chi connectivity index (χ1n) is 12.5. The molecular formula is C30H23N9. The van der Waals surface area contributed by atoms with Crippen LogP contribution >= 0.6 is 0 Å². The predicted molar refractivity (Wildman–Crippen MR) is 151 cm³/mol. The van der Waals surface area contributed by atoms with Crippen LogP contribution in [0.5, 0.6) is 0 Å². The van der Waals surface area contributed by atoms with Gasteiger partial charge in [0, 0.05) is 5.69 Å². The number of para-hydroxylation sites is 2. The van der Waals surface area contributed by atoms with Gasteiger partial charge < -0.3 is 0 Å². The summed E-state index contributed by atoms with van der Waals surface area (Å²) in [6.07, 6.45) is 5.10. The van der Waals surface area contributed by atoms with Crippen LogP contribution in [0.3, 0.4) is 0 Å². The topological polar surface area (TPSA) is 90.4 Å². The van der Waals surface area contributed by atoms with Crippen LogP contribution in [-0.2, 0) is 0 Å². The number of hydrogen-bond acceptors (Lipinski definition) is 7. The molecule has 0 bridgehead atoms. The molecule has 0 aliphatic rings. The van der Waals surface area contributed by atoms with Gasteiger partial charge in [-0.15, -0.1) is 0 Å². The minimum Gasteiger partial charge on any atom is -0.283 e. The monoisotopic (exact) mass is 509 g/mol. The van der Waals surface area contributed by atoms with E-state index >= 15 is 0 Å². The zero-order chi connectivity index (χ0) is 26.3. The summed E-state index contributed by atoms with van der Waals surface area (Å²) in [4.78, 5) is 30.0. The van der Waals surface area contributed by atoms with Crippen LogP contribution in [-0.4, -0.2) is 39.0 Å². The number of hydrogen-bond donors (Lipinski definition) is 0. The molecule has 0 unspecified atom stereocenters. The molecule has 0 N–H and O–H groups in total. The maximum Gasteiger partial charge on any atom is 0.169 e. The first-order valence-corrected chi connectivity index (χ1v) is 12.5. The van der Waals surface area contributed by atoms with Crippen molar-refractivity contribution >= 4 is 39.5 Å². The van der Waals surface area contributed by atoms with Gasteiger partial charge in [-0.3, -0.25) is 14.0 Å². The SMILES string of the molecule is Cc1cccc2c1ncn2-c1cccc(N(c2ccccc2)c2cccc(-n3cnc4c(C)ncnc43)n2)n1. The number of fused-ring (bicyclic) bond motifs is 2. The average molecular weight is 510 g/mol. The van der Waals surface area contributed by atoms with E-state index in [0.717, 1.165) is 45.1 Å². The lowest BCUT2D eigenvalue weighted by molar-refractivity contribution is 0.979. The molecule has 0 atom stereocenters. The predicted octanol–water partition coefficient (Wildman–Crippen LogP) is 6.03. The fourth-order valence-corrected chi connectivity index (χ4v) is 4.79. The number of pyridine rings is 2. The number of benzene rings is 2. The highest BCUT2D eigenvalue weighted by Crippen LogP contribution is 2.33. The van der Waals surface area contributed by atoms with Gasteiger partial charge >= 0.3 is 0 Å². The van der Waals surface area contributed by atoms with E-state index in [1.165, 1.54) is 0 Å². The molecule has 5 heterocycles. The van der Waals surface area contributed by atoms with Gasteiger partial charge in [0.1, 0.15) is 47.8 Å². The second-order valence-electron chi connectivity index (χ2n) is 9.18. The van der Waals surface area contributed by atoms with Crippen LogP contribution in [0.25, 0.3) is 33.8 Å². The Bertz CT molecular complexity index is 1830. The highest BCUT2D eigenvalue weighted by atomic mass is 15.3. The fraction of sp³-hybridized carbons (Fsp3) is 0.0667. The van der Waals surface area contributed by atoms with Crippen LogP contribution in [0, 0.1) is 13.8 Å². The molecule has 7 rings (SSSR count). The molecule has 0 aliphatic carbocycles. The van der Waals surface area contributed by atoms with Crippen molar-refractivity contribution in [2.75, 3.05) is 4.90 Å². The van der Waals surface area contributed by atoms with Crippen molar-refractivity contribution in [2.24, 2.45) is 0 Å². The van der Waals surface area contributed by atoms with Crippen molar-refractivity contribution in [3.63, 3.8) is 0 Å². The first kappa shape index (κ1) is 22.7. The Morgan fingerprint density at radius 2 is 1.26 bits per heavy atom. The molecule has 5 aromatic heterocycles. The Kier molecular flexibility index (Phi) is 5.33. The van der Waals surface area contributed by atoms with Gasteiger partial charge in [0.05, 0.1) is 16.7 Å². The van der Waals surface area contributed by atoms with Crippen molar-refractivity contribution in [2.45, 2.75) is 13.8 Å². The summed E-state index contributed by atoms with van der Waals surface area (Å²) in [5.74, 6) is 2.90. The maximum absolute atomic E-state index is 5.07. The molecule has 9 heteroatoms. The van der Waals surface area contributed by atoms with Crippen molar-refractivity contribution in [1.29, 1.82) is 0 Å². The second kappa shape index (κ2) is 9.14. The molecular weight excluding hydrogens is 486 g/mol. The smallest absolute Gasteiger partial charge is 0.169 e. The van der Waals surface area contributed by atoms with Crippen molar-refractivity contribution < 1.29 is 0 Å². The minimum atomic E-state index is 0.696. The molecule has 0 aliphatic heterocycles. The van der Waals surface area contributed by atoms with Crippen LogP contribution in [0.15, 0.2) is 104 Å². The van der Waals surface area contributed by atoms with E-state index < -0.39 is 0 Å². The summed E-state index contributed by atoms with van der Waals surface area (Å²) < 4.78 is 3.89. The summed E-state index contributed by atoms with van der Waals surface area (Å²) in [5.41, 5.74) is 6.32. The second-order valence-corrected chi connectivity index (χ2v) is 9.18. The summed E-state index contributed by atoms with van der Waals surface area (Å²) in [5, 5.41) is 0. The first-order chi connectivity index (χ1) is 19.2. The van der Waals surface area contributed by atoms with Gasteiger partial charge in [-0.1, -0.05) is 42.5 Å².